The second kappa shape index (κ2) is 10.3. The first kappa shape index (κ1) is 24.7. The summed E-state index contributed by atoms with van der Waals surface area (Å²) in [5.74, 6) is -0.173. The smallest absolute Gasteiger partial charge is 0.343 e. The Labute approximate surface area is 197 Å². The molecule has 5 nitrogen and oxygen atoms in total. The number of nitrogens with zero attached hydrogens (tertiary/aromatic N) is 1. The summed E-state index contributed by atoms with van der Waals surface area (Å²) >= 11 is 0. The average Bonchev–Trinajstić information content (AvgIpc) is 2.79. The van der Waals surface area contributed by atoms with E-state index in [1.807, 2.05) is 25.1 Å². The quantitative estimate of drug-likeness (QED) is 0.359. The van der Waals surface area contributed by atoms with Crippen LogP contribution in [-0.4, -0.2) is 33.0 Å². The van der Waals surface area contributed by atoms with Gasteiger partial charge in [-0.05, 0) is 40.9 Å². The molecule has 0 aliphatic rings. The first-order valence-corrected chi connectivity index (χ1v) is 13.1. The first-order chi connectivity index (χ1) is 15.7. The zero-order valence-electron chi connectivity index (χ0n) is 20.3. The maximum atomic E-state index is 12.4. The molecule has 2 aromatic carbocycles. The Bertz CT molecular complexity index is 1040. The predicted octanol–water partition coefficient (Wildman–Crippen LogP) is 4.65. The summed E-state index contributed by atoms with van der Waals surface area (Å²) in [6.45, 7) is 10.9. The molecule has 0 atom stereocenters. The van der Waals surface area contributed by atoms with Crippen molar-refractivity contribution in [1.82, 2.24) is 4.98 Å². The van der Waals surface area contributed by atoms with Gasteiger partial charge in [0.1, 0.15) is 5.56 Å². The summed E-state index contributed by atoms with van der Waals surface area (Å²) < 4.78 is 17.6. The number of methoxy groups -OCH3 is 1. The third-order valence-corrected chi connectivity index (χ3v) is 10.7. The van der Waals surface area contributed by atoms with Crippen LogP contribution in [0.1, 0.15) is 49.3 Å². The highest BCUT2D eigenvalue weighted by Crippen LogP contribution is 2.37. The van der Waals surface area contributed by atoms with E-state index in [1.54, 1.807) is 6.92 Å². The number of hydrogen-bond donors (Lipinski definition) is 0. The highest BCUT2D eigenvalue weighted by atomic mass is 28.4. The molecular formula is C27H33NO4Si. The fourth-order valence-corrected chi connectivity index (χ4v) is 8.85. The lowest BCUT2D eigenvalue weighted by molar-refractivity contribution is 0.0520. The second-order valence-corrected chi connectivity index (χ2v) is 13.3. The minimum Gasteiger partial charge on any atom is -0.480 e. The van der Waals surface area contributed by atoms with Crippen molar-refractivity contribution in [2.45, 2.75) is 46.3 Å². The molecule has 0 fully saturated rings. The minimum atomic E-state index is -2.70. The number of hydrogen-bond acceptors (Lipinski definition) is 5. The van der Waals surface area contributed by atoms with Gasteiger partial charge >= 0.3 is 5.97 Å². The fourth-order valence-electron chi connectivity index (χ4n) is 4.33. The predicted molar refractivity (Wildman–Crippen MR) is 134 cm³/mol. The Morgan fingerprint density at radius 2 is 1.52 bits per heavy atom. The Hall–Kier alpha value is -2.96. The number of esters is 1. The lowest BCUT2D eigenvalue weighted by Gasteiger charge is -2.43. The third-order valence-electron chi connectivity index (χ3n) is 5.76. The number of aryl methyl sites for hydroxylation is 1. The van der Waals surface area contributed by atoms with E-state index in [1.165, 1.54) is 17.5 Å². The van der Waals surface area contributed by atoms with Crippen molar-refractivity contribution in [3.8, 4) is 5.88 Å². The van der Waals surface area contributed by atoms with Crippen LogP contribution in [0.3, 0.4) is 0 Å². The summed E-state index contributed by atoms with van der Waals surface area (Å²) in [6, 6.07) is 22.8. The van der Waals surface area contributed by atoms with Crippen LogP contribution in [0.4, 0.5) is 0 Å². The minimum absolute atomic E-state index is 0.139. The van der Waals surface area contributed by atoms with Gasteiger partial charge in [0.05, 0.1) is 26.0 Å². The van der Waals surface area contributed by atoms with Gasteiger partial charge in [-0.15, -0.1) is 0 Å². The Balaban J connectivity index is 2.07. The van der Waals surface area contributed by atoms with Crippen molar-refractivity contribution in [3.63, 3.8) is 0 Å². The van der Waals surface area contributed by atoms with Crippen molar-refractivity contribution in [2.24, 2.45) is 0 Å². The normalized spacial score (nSPS) is 11.8. The summed E-state index contributed by atoms with van der Waals surface area (Å²) in [5.41, 5.74) is 1.82. The van der Waals surface area contributed by atoms with Crippen molar-refractivity contribution < 1.29 is 18.7 Å². The molecule has 0 N–H and O–H groups in total. The number of ether oxygens (including phenoxy) is 2. The SMILES string of the molecule is CCOC(=O)c1c(C)cc(CO[Si](c2ccccc2)(c2ccccc2)C(C)(C)C)nc1OC. The second-order valence-electron chi connectivity index (χ2n) is 8.99. The fraction of sp³-hybridized carbons (Fsp3) is 0.333. The van der Waals surface area contributed by atoms with E-state index >= 15 is 0 Å². The first-order valence-electron chi connectivity index (χ1n) is 11.2. The van der Waals surface area contributed by atoms with Crippen LogP contribution in [0.25, 0.3) is 0 Å². The lowest BCUT2D eigenvalue weighted by Crippen LogP contribution is -2.66. The van der Waals surface area contributed by atoms with Gasteiger partial charge < -0.3 is 13.9 Å². The van der Waals surface area contributed by atoms with Gasteiger partial charge in [-0.1, -0.05) is 81.4 Å². The van der Waals surface area contributed by atoms with E-state index < -0.39 is 14.3 Å². The molecule has 0 unspecified atom stereocenters. The lowest BCUT2D eigenvalue weighted by atomic mass is 10.1. The molecule has 0 radical (unpaired) electrons. The Morgan fingerprint density at radius 3 is 1.97 bits per heavy atom. The third kappa shape index (κ3) is 5.02. The van der Waals surface area contributed by atoms with E-state index in [0.29, 0.717) is 24.5 Å². The van der Waals surface area contributed by atoms with Crippen LogP contribution < -0.4 is 15.1 Å². The van der Waals surface area contributed by atoms with E-state index in [0.717, 1.165) is 5.56 Å². The van der Waals surface area contributed by atoms with Gasteiger partial charge in [-0.2, -0.15) is 0 Å². The Kier molecular flexibility index (Phi) is 7.71. The van der Waals surface area contributed by atoms with Crippen LogP contribution >= 0.6 is 0 Å². The molecule has 0 amide bonds. The van der Waals surface area contributed by atoms with E-state index in [-0.39, 0.29) is 10.9 Å². The van der Waals surface area contributed by atoms with Crippen LogP contribution in [0.5, 0.6) is 5.88 Å². The monoisotopic (exact) mass is 463 g/mol. The van der Waals surface area contributed by atoms with E-state index in [9.17, 15) is 4.79 Å². The Morgan fingerprint density at radius 1 is 0.970 bits per heavy atom. The zero-order valence-corrected chi connectivity index (χ0v) is 21.3. The molecule has 0 aliphatic carbocycles. The van der Waals surface area contributed by atoms with Crippen LogP contribution in [0, 0.1) is 6.92 Å². The number of carbonyl (C=O) groups excluding carboxylic acids is 1. The molecule has 0 bridgehead atoms. The van der Waals surface area contributed by atoms with Gasteiger partial charge in [0.25, 0.3) is 8.32 Å². The van der Waals surface area contributed by atoms with Gasteiger partial charge in [0, 0.05) is 0 Å². The summed E-state index contributed by atoms with van der Waals surface area (Å²) in [5, 5.41) is 2.27. The number of carbonyl (C=O) groups is 1. The number of pyridine rings is 1. The molecule has 174 valence electrons. The van der Waals surface area contributed by atoms with Crippen molar-refractivity contribution in [3.05, 3.63) is 83.6 Å². The average molecular weight is 464 g/mol. The van der Waals surface area contributed by atoms with Gasteiger partial charge in [0.15, 0.2) is 0 Å². The molecular weight excluding hydrogens is 430 g/mol. The molecule has 33 heavy (non-hydrogen) atoms. The number of benzene rings is 2. The molecule has 0 saturated carbocycles. The van der Waals surface area contributed by atoms with Crippen LogP contribution in [0.15, 0.2) is 66.7 Å². The highest BCUT2D eigenvalue weighted by molar-refractivity contribution is 6.99. The van der Waals surface area contributed by atoms with Crippen LogP contribution in [-0.2, 0) is 15.8 Å². The van der Waals surface area contributed by atoms with Gasteiger partial charge in [-0.3, -0.25) is 0 Å². The van der Waals surface area contributed by atoms with Crippen LogP contribution in [0.2, 0.25) is 5.04 Å². The number of rotatable bonds is 8. The molecule has 1 aromatic heterocycles. The summed E-state index contributed by atoms with van der Waals surface area (Å²) in [6.07, 6.45) is 0. The van der Waals surface area contributed by atoms with Crippen molar-refractivity contribution >= 4 is 24.7 Å². The maximum absolute atomic E-state index is 12.4. The van der Waals surface area contributed by atoms with E-state index in [2.05, 4.69) is 74.3 Å². The van der Waals surface area contributed by atoms with E-state index in [4.69, 9.17) is 13.9 Å². The zero-order chi connectivity index (χ0) is 24.1. The van der Waals surface area contributed by atoms with Crippen molar-refractivity contribution in [2.75, 3.05) is 13.7 Å². The van der Waals surface area contributed by atoms with Gasteiger partial charge in [-0.25, -0.2) is 9.78 Å². The summed E-state index contributed by atoms with van der Waals surface area (Å²) in [7, 11) is -1.19. The molecule has 3 rings (SSSR count). The molecule has 3 aromatic rings. The van der Waals surface area contributed by atoms with Gasteiger partial charge in [0.2, 0.25) is 5.88 Å². The number of aromatic nitrogens is 1. The standard InChI is InChI=1S/C27H33NO4Si/c1-7-31-26(29)24-20(2)18-21(28-25(24)30-6)19-32-33(27(3,4)5,22-14-10-8-11-15-22)23-16-12-9-13-17-23/h8-18H,7,19H2,1-6H3. The molecule has 0 aliphatic heterocycles. The highest BCUT2D eigenvalue weighted by Gasteiger charge is 2.50. The summed E-state index contributed by atoms with van der Waals surface area (Å²) in [4.78, 5) is 17.0. The molecule has 0 spiro atoms. The van der Waals surface area contributed by atoms with Crippen molar-refractivity contribution in [1.29, 1.82) is 0 Å². The molecule has 0 saturated heterocycles. The maximum Gasteiger partial charge on any atom is 0.343 e. The largest absolute Gasteiger partial charge is 0.480 e. The topological polar surface area (TPSA) is 57.7 Å². The molecule has 1 heterocycles. The molecule has 6 heteroatoms.